The molecule has 0 bridgehead atoms. The van der Waals surface area contributed by atoms with E-state index >= 15 is 0 Å². The Morgan fingerprint density at radius 2 is 2.24 bits per heavy atom. The van der Waals surface area contributed by atoms with Gasteiger partial charge < -0.3 is 10.6 Å². The van der Waals surface area contributed by atoms with E-state index in [1.807, 2.05) is 18.2 Å². The first kappa shape index (κ1) is 11.1. The van der Waals surface area contributed by atoms with Crippen molar-refractivity contribution in [2.45, 2.75) is 18.9 Å². The third kappa shape index (κ3) is 2.05. The fourth-order valence-electron chi connectivity index (χ4n) is 2.50. The Hall–Kier alpha value is -1.06. The highest BCUT2D eigenvalue weighted by molar-refractivity contribution is 6.30. The van der Waals surface area contributed by atoms with E-state index in [1.165, 1.54) is 11.1 Å². The molecule has 2 N–H and O–H groups in total. The maximum absolute atomic E-state index is 11.9. The van der Waals surface area contributed by atoms with Crippen molar-refractivity contribution in [3.05, 3.63) is 34.3 Å². The Balaban J connectivity index is 1.72. The molecule has 2 aliphatic rings. The minimum atomic E-state index is 0.159. The molecule has 0 spiro atoms. The smallest absolute Gasteiger partial charge is 0.226 e. The minimum absolute atomic E-state index is 0.159. The zero-order valence-electron chi connectivity index (χ0n) is 9.50. The Morgan fingerprint density at radius 3 is 2.94 bits per heavy atom. The van der Waals surface area contributed by atoms with Crippen LogP contribution in [0.15, 0.2) is 18.2 Å². The SMILES string of the molecule is O=C(NC1CCc2cc(Cl)ccc21)C1CNC1. The van der Waals surface area contributed by atoms with E-state index in [9.17, 15) is 4.79 Å². The largest absolute Gasteiger partial charge is 0.349 e. The third-order valence-corrected chi connectivity index (χ3v) is 3.89. The van der Waals surface area contributed by atoms with Gasteiger partial charge >= 0.3 is 0 Å². The molecular weight excluding hydrogens is 236 g/mol. The predicted molar refractivity (Wildman–Crippen MR) is 67.0 cm³/mol. The van der Waals surface area contributed by atoms with Crippen molar-refractivity contribution in [2.75, 3.05) is 13.1 Å². The molecule has 1 aromatic rings. The Bertz CT molecular complexity index is 457. The maximum atomic E-state index is 11.9. The van der Waals surface area contributed by atoms with Gasteiger partial charge in [-0.25, -0.2) is 0 Å². The number of fused-ring (bicyclic) bond motifs is 1. The van der Waals surface area contributed by atoms with E-state index in [1.54, 1.807) is 0 Å². The first-order valence-corrected chi connectivity index (χ1v) is 6.41. The van der Waals surface area contributed by atoms with Gasteiger partial charge in [-0.05, 0) is 36.1 Å². The van der Waals surface area contributed by atoms with Gasteiger partial charge in [0.15, 0.2) is 0 Å². The van der Waals surface area contributed by atoms with Crippen LogP contribution in [-0.4, -0.2) is 19.0 Å². The lowest BCUT2D eigenvalue weighted by Gasteiger charge is -2.27. The highest BCUT2D eigenvalue weighted by Gasteiger charge is 2.29. The first-order chi connectivity index (χ1) is 8.24. The van der Waals surface area contributed by atoms with Crippen molar-refractivity contribution in [1.29, 1.82) is 0 Å². The van der Waals surface area contributed by atoms with Crippen molar-refractivity contribution in [1.82, 2.24) is 10.6 Å². The molecule has 90 valence electrons. The molecule has 1 saturated heterocycles. The van der Waals surface area contributed by atoms with E-state index in [-0.39, 0.29) is 17.9 Å². The summed E-state index contributed by atoms with van der Waals surface area (Å²) in [5, 5.41) is 7.03. The number of carbonyl (C=O) groups is 1. The topological polar surface area (TPSA) is 41.1 Å². The van der Waals surface area contributed by atoms with Crippen LogP contribution in [-0.2, 0) is 11.2 Å². The normalized spacial score (nSPS) is 23.0. The molecule has 0 aromatic heterocycles. The fourth-order valence-corrected chi connectivity index (χ4v) is 2.69. The summed E-state index contributed by atoms with van der Waals surface area (Å²) in [5.74, 6) is 0.336. The molecule has 17 heavy (non-hydrogen) atoms. The lowest BCUT2D eigenvalue weighted by atomic mass is 10.0. The second-order valence-electron chi connectivity index (χ2n) is 4.80. The summed E-state index contributed by atoms with van der Waals surface area (Å²) < 4.78 is 0. The van der Waals surface area contributed by atoms with Crippen molar-refractivity contribution >= 4 is 17.5 Å². The standard InChI is InChI=1S/C13H15ClN2O/c14-10-2-3-11-8(5-10)1-4-12(11)16-13(17)9-6-15-7-9/h2-3,5,9,12,15H,1,4,6-7H2,(H,16,17). The number of hydrogen-bond acceptors (Lipinski definition) is 2. The summed E-state index contributed by atoms with van der Waals surface area (Å²) in [7, 11) is 0. The summed E-state index contributed by atoms with van der Waals surface area (Å²) in [6, 6.07) is 6.12. The van der Waals surface area contributed by atoms with E-state index in [2.05, 4.69) is 10.6 Å². The van der Waals surface area contributed by atoms with Gasteiger partial charge in [-0.3, -0.25) is 4.79 Å². The van der Waals surface area contributed by atoms with Crippen molar-refractivity contribution in [2.24, 2.45) is 5.92 Å². The molecule has 1 aliphatic heterocycles. The van der Waals surface area contributed by atoms with E-state index in [0.29, 0.717) is 0 Å². The molecular formula is C13H15ClN2O. The number of hydrogen-bond donors (Lipinski definition) is 2. The van der Waals surface area contributed by atoms with E-state index in [0.717, 1.165) is 31.0 Å². The predicted octanol–water partition coefficient (Wildman–Crippen LogP) is 1.66. The molecule has 1 atom stereocenters. The van der Waals surface area contributed by atoms with Gasteiger partial charge in [0, 0.05) is 18.1 Å². The summed E-state index contributed by atoms with van der Waals surface area (Å²) in [4.78, 5) is 11.9. The molecule has 1 heterocycles. The molecule has 0 radical (unpaired) electrons. The maximum Gasteiger partial charge on any atom is 0.226 e. The number of carbonyl (C=O) groups excluding carboxylic acids is 1. The molecule has 0 saturated carbocycles. The Labute approximate surface area is 106 Å². The van der Waals surface area contributed by atoms with E-state index in [4.69, 9.17) is 11.6 Å². The second kappa shape index (κ2) is 4.31. The summed E-state index contributed by atoms with van der Waals surface area (Å²) in [6.45, 7) is 1.62. The van der Waals surface area contributed by atoms with Gasteiger partial charge in [0.25, 0.3) is 0 Å². The van der Waals surface area contributed by atoms with Crippen LogP contribution in [0.4, 0.5) is 0 Å². The van der Waals surface area contributed by atoms with Gasteiger partial charge in [0.2, 0.25) is 5.91 Å². The van der Waals surface area contributed by atoms with Crippen LogP contribution in [0, 0.1) is 5.92 Å². The van der Waals surface area contributed by atoms with Crippen LogP contribution in [0.2, 0.25) is 5.02 Å². The lowest BCUT2D eigenvalue weighted by molar-refractivity contribution is -0.127. The average Bonchev–Trinajstić information content (AvgIpc) is 2.58. The zero-order valence-corrected chi connectivity index (χ0v) is 10.3. The van der Waals surface area contributed by atoms with Crippen LogP contribution in [0.3, 0.4) is 0 Å². The van der Waals surface area contributed by atoms with Gasteiger partial charge in [-0.15, -0.1) is 0 Å². The molecule has 1 amide bonds. The van der Waals surface area contributed by atoms with Crippen LogP contribution in [0.5, 0.6) is 0 Å². The van der Waals surface area contributed by atoms with Crippen LogP contribution in [0.25, 0.3) is 0 Å². The monoisotopic (exact) mass is 250 g/mol. The quantitative estimate of drug-likeness (QED) is 0.838. The summed E-state index contributed by atoms with van der Waals surface area (Å²) >= 11 is 5.96. The number of rotatable bonds is 2. The van der Waals surface area contributed by atoms with Gasteiger partial charge in [-0.2, -0.15) is 0 Å². The summed E-state index contributed by atoms with van der Waals surface area (Å²) in [5.41, 5.74) is 2.50. The van der Waals surface area contributed by atoms with Crippen molar-refractivity contribution < 1.29 is 4.79 Å². The number of benzene rings is 1. The van der Waals surface area contributed by atoms with Gasteiger partial charge in [-0.1, -0.05) is 17.7 Å². The number of halogens is 1. The number of aryl methyl sites for hydroxylation is 1. The molecule has 3 nitrogen and oxygen atoms in total. The third-order valence-electron chi connectivity index (χ3n) is 3.65. The second-order valence-corrected chi connectivity index (χ2v) is 5.23. The van der Waals surface area contributed by atoms with Gasteiger partial charge in [0.05, 0.1) is 12.0 Å². The average molecular weight is 251 g/mol. The Kier molecular flexibility index (Phi) is 2.81. The van der Waals surface area contributed by atoms with E-state index < -0.39 is 0 Å². The molecule has 4 heteroatoms. The highest BCUT2D eigenvalue weighted by atomic mass is 35.5. The van der Waals surface area contributed by atoms with Crippen LogP contribution in [0.1, 0.15) is 23.6 Å². The highest BCUT2D eigenvalue weighted by Crippen LogP contribution is 2.33. The molecule has 1 aliphatic carbocycles. The minimum Gasteiger partial charge on any atom is -0.349 e. The van der Waals surface area contributed by atoms with Crippen LogP contribution >= 0.6 is 11.6 Å². The molecule has 1 aromatic carbocycles. The molecule has 1 fully saturated rings. The van der Waals surface area contributed by atoms with Crippen molar-refractivity contribution in [3.8, 4) is 0 Å². The molecule has 3 rings (SSSR count). The van der Waals surface area contributed by atoms with Crippen molar-refractivity contribution in [3.63, 3.8) is 0 Å². The first-order valence-electron chi connectivity index (χ1n) is 6.03. The van der Waals surface area contributed by atoms with Gasteiger partial charge in [0.1, 0.15) is 0 Å². The lowest BCUT2D eigenvalue weighted by Crippen LogP contribution is -2.51. The Morgan fingerprint density at radius 1 is 1.41 bits per heavy atom. The number of nitrogens with one attached hydrogen (secondary N) is 2. The molecule has 1 unspecified atom stereocenters. The zero-order chi connectivity index (χ0) is 11.8. The number of amides is 1. The van der Waals surface area contributed by atoms with Crippen LogP contribution < -0.4 is 10.6 Å². The fraction of sp³-hybridized carbons (Fsp3) is 0.462. The summed E-state index contributed by atoms with van der Waals surface area (Å²) in [6.07, 6.45) is 1.99.